The SMILES string of the molecule is CC(C)C1CC2C3CCC(C3)C2CN1C(C)C. The van der Waals surface area contributed by atoms with Crippen molar-refractivity contribution >= 4 is 0 Å². The molecule has 1 aliphatic heterocycles. The van der Waals surface area contributed by atoms with Crippen LogP contribution in [0.2, 0.25) is 0 Å². The van der Waals surface area contributed by atoms with Gasteiger partial charge in [-0.2, -0.15) is 0 Å². The van der Waals surface area contributed by atoms with E-state index in [0.717, 1.165) is 41.7 Å². The molecule has 1 heteroatoms. The summed E-state index contributed by atoms with van der Waals surface area (Å²) in [6.07, 6.45) is 6.18. The minimum atomic E-state index is 0.738. The van der Waals surface area contributed by atoms with Crippen molar-refractivity contribution in [2.75, 3.05) is 6.54 Å². The molecule has 0 N–H and O–H groups in total. The molecular weight excluding hydrogens is 206 g/mol. The van der Waals surface area contributed by atoms with E-state index in [1.807, 2.05) is 0 Å². The highest BCUT2D eigenvalue weighted by Crippen LogP contribution is 2.56. The van der Waals surface area contributed by atoms with E-state index in [1.54, 1.807) is 19.3 Å². The summed E-state index contributed by atoms with van der Waals surface area (Å²) in [6, 6.07) is 1.60. The van der Waals surface area contributed by atoms with E-state index in [2.05, 4.69) is 32.6 Å². The average molecular weight is 235 g/mol. The monoisotopic (exact) mass is 235 g/mol. The van der Waals surface area contributed by atoms with E-state index < -0.39 is 0 Å². The number of piperidine rings is 1. The van der Waals surface area contributed by atoms with Crippen LogP contribution >= 0.6 is 0 Å². The Bertz CT molecular complexity index is 255. The minimum absolute atomic E-state index is 0.738. The molecule has 3 rings (SSSR count). The fourth-order valence-corrected chi connectivity index (χ4v) is 5.22. The normalized spacial score (nSPS) is 45.9. The second kappa shape index (κ2) is 4.26. The van der Waals surface area contributed by atoms with Crippen molar-refractivity contribution in [1.82, 2.24) is 4.90 Å². The number of rotatable bonds is 2. The third-order valence-corrected chi connectivity index (χ3v) is 6.07. The maximum atomic E-state index is 2.83. The molecule has 2 saturated carbocycles. The smallest absolute Gasteiger partial charge is 0.0124 e. The van der Waals surface area contributed by atoms with Crippen molar-refractivity contribution in [2.24, 2.45) is 29.6 Å². The predicted octanol–water partition coefficient (Wildman–Crippen LogP) is 3.79. The van der Waals surface area contributed by atoms with E-state index in [-0.39, 0.29) is 0 Å². The maximum absolute atomic E-state index is 2.83. The second-order valence-electron chi connectivity index (χ2n) is 7.50. The first-order valence-corrected chi connectivity index (χ1v) is 7.83. The molecule has 3 aliphatic rings. The molecule has 17 heavy (non-hydrogen) atoms. The highest BCUT2D eigenvalue weighted by molar-refractivity contribution is 5.02. The largest absolute Gasteiger partial charge is 0.297 e. The molecule has 0 radical (unpaired) electrons. The lowest BCUT2D eigenvalue weighted by Gasteiger charge is -2.49. The van der Waals surface area contributed by atoms with Crippen LogP contribution in [0.1, 0.15) is 53.4 Å². The van der Waals surface area contributed by atoms with E-state index in [9.17, 15) is 0 Å². The molecule has 0 amide bonds. The van der Waals surface area contributed by atoms with Gasteiger partial charge in [-0.15, -0.1) is 0 Å². The van der Waals surface area contributed by atoms with Crippen LogP contribution < -0.4 is 0 Å². The topological polar surface area (TPSA) is 3.24 Å². The summed E-state index contributed by atoms with van der Waals surface area (Å²) in [6.45, 7) is 11.0. The van der Waals surface area contributed by atoms with Gasteiger partial charge in [-0.25, -0.2) is 0 Å². The zero-order valence-corrected chi connectivity index (χ0v) is 12.0. The van der Waals surface area contributed by atoms with Gasteiger partial charge in [0.15, 0.2) is 0 Å². The Morgan fingerprint density at radius 1 is 0.882 bits per heavy atom. The molecule has 5 unspecified atom stereocenters. The van der Waals surface area contributed by atoms with Crippen molar-refractivity contribution < 1.29 is 0 Å². The van der Waals surface area contributed by atoms with Gasteiger partial charge in [0.1, 0.15) is 0 Å². The molecular formula is C16H29N. The Morgan fingerprint density at radius 2 is 1.53 bits per heavy atom. The zero-order chi connectivity index (χ0) is 12.2. The average Bonchev–Trinajstić information content (AvgIpc) is 2.87. The molecule has 0 spiro atoms. The molecule has 0 aromatic carbocycles. The molecule has 1 heterocycles. The Balaban J connectivity index is 1.79. The molecule has 98 valence electrons. The van der Waals surface area contributed by atoms with Gasteiger partial charge in [-0.1, -0.05) is 13.8 Å². The number of fused-ring (bicyclic) bond motifs is 5. The summed E-state index contributed by atoms with van der Waals surface area (Å²) >= 11 is 0. The molecule has 2 bridgehead atoms. The van der Waals surface area contributed by atoms with E-state index in [0.29, 0.717) is 0 Å². The predicted molar refractivity (Wildman–Crippen MR) is 72.9 cm³/mol. The number of hydrogen-bond acceptors (Lipinski definition) is 1. The van der Waals surface area contributed by atoms with Crippen molar-refractivity contribution in [3.8, 4) is 0 Å². The van der Waals surface area contributed by atoms with Crippen molar-refractivity contribution in [2.45, 2.75) is 65.5 Å². The summed E-state index contributed by atoms with van der Waals surface area (Å²) in [4.78, 5) is 2.83. The fourth-order valence-electron chi connectivity index (χ4n) is 5.22. The van der Waals surface area contributed by atoms with Gasteiger partial charge in [0.25, 0.3) is 0 Å². The van der Waals surface area contributed by atoms with Crippen LogP contribution in [0.4, 0.5) is 0 Å². The first-order chi connectivity index (χ1) is 8.08. The third kappa shape index (κ3) is 1.85. The Labute approximate surface area is 107 Å². The van der Waals surface area contributed by atoms with Gasteiger partial charge in [-0.3, -0.25) is 4.90 Å². The van der Waals surface area contributed by atoms with Gasteiger partial charge in [0.05, 0.1) is 0 Å². The fraction of sp³-hybridized carbons (Fsp3) is 1.00. The highest BCUT2D eigenvalue weighted by atomic mass is 15.2. The summed E-state index contributed by atoms with van der Waals surface area (Å²) in [5, 5.41) is 0. The van der Waals surface area contributed by atoms with Gasteiger partial charge >= 0.3 is 0 Å². The Morgan fingerprint density at radius 3 is 2.12 bits per heavy atom. The van der Waals surface area contributed by atoms with Crippen LogP contribution in [0.25, 0.3) is 0 Å². The zero-order valence-electron chi connectivity index (χ0n) is 12.0. The molecule has 1 nitrogen and oxygen atoms in total. The maximum Gasteiger partial charge on any atom is 0.0124 e. The summed E-state index contributed by atoms with van der Waals surface area (Å²) in [7, 11) is 0. The lowest BCUT2D eigenvalue weighted by molar-refractivity contribution is -0.00525. The lowest BCUT2D eigenvalue weighted by atomic mass is 9.71. The quantitative estimate of drug-likeness (QED) is 0.704. The van der Waals surface area contributed by atoms with Crippen LogP contribution in [0, 0.1) is 29.6 Å². The van der Waals surface area contributed by atoms with Crippen LogP contribution in [0.3, 0.4) is 0 Å². The van der Waals surface area contributed by atoms with Gasteiger partial charge in [0.2, 0.25) is 0 Å². The van der Waals surface area contributed by atoms with Crippen LogP contribution in [-0.4, -0.2) is 23.5 Å². The lowest BCUT2D eigenvalue weighted by Crippen LogP contribution is -2.53. The third-order valence-electron chi connectivity index (χ3n) is 6.07. The first kappa shape index (κ1) is 12.0. The summed E-state index contributed by atoms with van der Waals surface area (Å²) < 4.78 is 0. The Kier molecular flexibility index (Phi) is 3.01. The molecule has 1 saturated heterocycles. The van der Waals surface area contributed by atoms with Gasteiger partial charge < -0.3 is 0 Å². The van der Waals surface area contributed by atoms with Crippen LogP contribution in [0.5, 0.6) is 0 Å². The van der Waals surface area contributed by atoms with E-state index in [4.69, 9.17) is 0 Å². The van der Waals surface area contributed by atoms with Gasteiger partial charge in [0, 0.05) is 18.6 Å². The first-order valence-electron chi connectivity index (χ1n) is 7.83. The van der Waals surface area contributed by atoms with Crippen LogP contribution in [0.15, 0.2) is 0 Å². The minimum Gasteiger partial charge on any atom is -0.297 e. The van der Waals surface area contributed by atoms with Crippen molar-refractivity contribution in [3.05, 3.63) is 0 Å². The molecule has 5 atom stereocenters. The molecule has 3 fully saturated rings. The standard InChI is InChI=1S/C16H29N/c1-10(2)16-8-14-12-5-6-13(7-12)15(14)9-17(16)11(3)4/h10-16H,5-9H2,1-4H3. The van der Waals surface area contributed by atoms with Crippen molar-refractivity contribution in [3.63, 3.8) is 0 Å². The van der Waals surface area contributed by atoms with Crippen LogP contribution in [-0.2, 0) is 0 Å². The number of likely N-dealkylation sites (tertiary alicyclic amines) is 1. The van der Waals surface area contributed by atoms with E-state index >= 15 is 0 Å². The number of hydrogen-bond donors (Lipinski definition) is 0. The van der Waals surface area contributed by atoms with E-state index in [1.165, 1.54) is 13.0 Å². The molecule has 2 aliphatic carbocycles. The highest BCUT2D eigenvalue weighted by Gasteiger charge is 2.51. The summed E-state index contributed by atoms with van der Waals surface area (Å²) in [5.41, 5.74) is 0. The second-order valence-corrected chi connectivity index (χ2v) is 7.50. The van der Waals surface area contributed by atoms with Gasteiger partial charge in [-0.05, 0) is 69.1 Å². The number of nitrogens with zero attached hydrogens (tertiary/aromatic N) is 1. The van der Waals surface area contributed by atoms with Crippen molar-refractivity contribution in [1.29, 1.82) is 0 Å². The molecule has 0 aromatic heterocycles. The Hall–Kier alpha value is -0.0400. The molecule has 0 aromatic rings. The summed E-state index contributed by atoms with van der Waals surface area (Å²) in [5.74, 6) is 5.19.